The van der Waals surface area contributed by atoms with E-state index in [0.29, 0.717) is 34.6 Å². The Morgan fingerprint density at radius 2 is 1.91 bits per heavy atom. The number of carbonyl (C=O) groups excluding carboxylic acids is 1. The van der Waals surface area contributed by atoms with Gasteiger partial charge in [-0.15, -0.1) is 5.10 Å². The van der Waals surface area contributed by atoms with Gasteiger partial charge in [0.05, 0.1) is 5.56 Å². The average molecular weight is 439 g/mol. The molecule has 32 heavy (non-hydrogen) atoms. The molecule has 3 aromatic rings. The molecule has 0 saturated heterocycles. The van der Waals surface area contributed by atoms with Gasteiger partial charge in [-0.2, -0.15) is 0 Å². The minimum absolute atomic E-state index is 0.0168. The maximum absolute atomic E-state index is 12.7. The summed E-state index contributed by atoms with van der Waals surface area (Å²) < 4.78 is 1.63. The van der Waals surface area contributed by atoms with Gasteiger partial charge in [0.2, 0.25) is 0 Å². The first-order chi connectivity index (χ1) is 15.3. The molecule has 1 unspecified atom stereocenters. The summed E-state index contributed by atoms with van der Waals surface area (Å²) >= 11 is 0. The number of carbonyl (C=O) groups is 1. The molecule has 0 aliphatic heterocycles. The van der Waals surface area contributed by atoms with Gasteiger partial charge in [0.1, 0.15) is 11.5 Å². The van der Waals surface area contributed by atoms with Gasteiger partial charge in [-0.25, -0.2) is 4.68 Å². The number of aryl methyl sites for hydroxylation is 1. The fraction of sp³-hybridized carbons (Fsp3) is 0.391. The number of phenols is 2. The molecule has 0 spiro atoms. The van der Waals surface area contributed by atoms with Crippen molar-refractivity contribution in [2.45, 2.75) is 39.3 Å². The Kier molecular flexibility index (Phi) is 7.42. The highest BCUT2D eigenvalue weighted by atomic mass is 16.3. The first-order valence-corrected chi connectivity index (χ1v) is 10.7. The van der Waals surface area contributed by atoms with Gasteiger partial charge in [0.15, 0.2) is 5.82 Å². The van der Waals surface area contributed by atoms with Gasteiger partial charge in [-0.3, -0.25) is 4.79 Å². The molecular weight excluding hydrogens is 408 g/mol. The van der Waals surface area contributed by atoms with Crippen molar-refractivity contribution in [3.05, 3.63) is 42.0 Å². The molecule has 0 aliphatic rings. The molecule has 0 radical (unpaired) electrons. The summed E-state index contributed by atoms with van der Waals surface area (Å²) in [7, 11) is 3.90. The van der Waals surface area contributed by atoms with E-state index in [1.54, 1.807) is 35.0 Å². The molecule has 3 N–H and O–H groups in total. The van der Waals surface area contributed by atoms with E-state index in [9.17, 15) is 15.0 Å². The van der Waals surface area contributed by atoms with E-state index < -0.39 is 0 Å². The summed E-state index contributed by atoms with van der Waals surface area (Å²) in [5.41, 5.74) is 2.01. The molecule has 0 bridgehead atoms. The number of amides is 1. The predicted molar refractivity (Wildman–Crippen MR) is 122 cm³/mol. The molecule has 1 aromatic heterocycles. The Bertz CT molecular complexity index is 1080. The molecule has 9 heteroatoms. The molecule has 1 amide bonds. The van der Waals surface area contributed by atoms with Gasteiger partial charge >= 0.3 is 0 Å². The number of hydrogen-bond acceptors (Lipinski definition) is 7. The van der Waals surface area contributed by atoms with Gasteiger partial charge < -0.3 is 20.4 Å². The van der Waals surface area contributed by atoms with Crippen molar-refractivity contribution >= 4 is 5.91 Å². The van der Waals surface area contributed by atoms with Crippen LogP contribution in [0.1, 0.15) is 37.0 Å². The number of phenolic OH excluding ortho intramolecular Hbond substituents is 2. The molecule has 0 saturated carbocycles. The summed E-state index contributed by atoms with van der Waals surface area (Å²) in [6, 6.07) is 9.91. The molecule has 1 atom stereocenters. The lowest BCUT2D eigenvalue weighted by Gasteiger charge is -2.18. The minimum atomic E-state index is -0.191. The normalized spacial score (nSPS) is 12.2. The molecular formula is C23H30N6O3. The van der Waals surface area contributed by atoms with Crippen molar-refractivity contribution in [3.8, 4) is 34.0 Å². The van der Waals surface area contributed by atoms with Crippen molar-refractivity contribution in [3.63, 3.8) is 0 Å². The van der Waals surface area contributed by atoms with Crippen LogP contribution < -0.4 is 5.32 Å². The quantitative estimate of drug-likeness (QED) is 0.470. The van der Waals surface area contributed by atoms with E-state index in [2.05, 4.69) is 27.8 Å². The fourth-order valence-corrected chi connectivity index (χ4v) is 3.57. The van der Waals surface area contributed by atoms with Crippen molar-refractivity contribution in [1.29, 1.82) is 0 Å². The van der Waals surface area contributed by atoms with Crippen molar-refractivity contribution in [2.24, 2.45) is 0 Å². The van der Waals surface area contributed by atoms with Crippen LogP contribution in [0.5, 0.6) is 11.5 Å². The third kappa shape index (κ3) is 5.42. The van der Waals surface area contributed by atoms with Gasteiger partial charge in [-0.05, 0) is 61.6 Å². The highest BCUT2D eigenvalue weighted by Gasteiger charge is 2.18. The molecule has 1 heterocycles. The van der Waals surface area contributed by atoms with Crippen molar-refractivity contribution in [2.75, 3.05) is 20.6 Å². The van der Waals surface area contributed by atoms with E-state index in [0.717, 1.165) is 19.4 Å². The SMILES string of the molecule is CCCCn1nnnc1-c1cc(-c2cccc(C(=O)NC(C)CN(C)C)c2)c(O)cc1O. The zero-order valence-corrected chi connectivity index (χ0v) is 18.9. The highest BCUT2D eigenvalue weighted by Crippen LogP contribution is 2.39. The van der Waals surface area contributed by atoms with Crippen LogP contribution in [0, 0.1) is 0 Å². The Balaban J connectivity index is 1.94. The van der Waals surface area contributed by atoms with Crippen LogP contribution in [0.2, 0.25) is 0 Å². The topological polar surface area (TPSA) is 116 Å². The number of hydrogen-bond donors (Lipinski definition) is 3. The third-order valence-corrected chi connectivity index (χ3v) is 5.06. The third-order valence-electron chi connectivity index (χ3n) is 5.06. The monoisotopic (exact) mass is 438 g/mol. The number of aromatic nitrogens is 4. The number of aromatic hydroxyl groups is 2. The Morgan fingerprint density at radius 1 is 1.16 bits per heavy atom. The maximum Gasteiger partial charge on any atom is 0.251 e. The zero-order valence-electron chi connectivity index (χ0n) is 18.9. The van der Waals surface area contributed by atoms with Gasteiger partial charge in [0, 0.05) is 36.3 Å². The Hall–Kier alpha value is -3.46. The smallest absolute Gasteiger partial charge is 0.251 e. The molecule has 170 valence electrons. The second-order valence-corrected chi connectivity index (χ2v) is 8.18. The lowest BCUT2D eigenvalue weighted by atomic mass is 9.98. The lowest BCUT2D eigenvalue weighted by molar-refractivity contribution is 0.0934. The predicted octanol–water partition coefficient (Wildman–Crippen LogP) is 2.90. The van der Waals surface area contributed by atoms with Crippen LogP contribution in [0.3, 0.4) is 0 Å². The van der Waals surface area contributed by atoms with Crippen LogP contribution in [-0.2, 0) is 6.54 Å². The van der Waals surface area contributed by atoms with Crippen LogP contribution in [0.25, 0.3) is 22.5 Å². The second kappa shape index (κ2) is 10.2. The van der Waals surface area contributed by atoms with E-state index >= 15 is 0 Å². The first-order valence-electron chi connectivity index (χ1n) is 10.7. The van der Waals surface area contributed by atoms with Crippen molar-refractivity contribution in [1.82, 2.24) is 30.4 Å². The maximum atomic E-state index is 12.7. The van der Waals surface area contributed by atoms with Crippen molar-refractivity contribution < 1.29 is 15.0 Å². The number of rotatable bonds is 9. The molecule has 0 aliphatic carbocycles. The molecule has 9 nitrogen and oxygen atoms in total. The molecule has 3 rings (SSSR count). The van der Waals surface area contributed by atoms with Crippen LogP contribution >= 0.6 is 0 Å². The highest BCUT2D eigenvalue weighted by molar-refractivity contribution is 5.96. The number of likely N-dealkylation sites (N-methyl/N-ethyl adjacent to an activating group) is 1. The summed E-state index contributed by atoms with van der Waals surface area (Å²) in [5, 5.41) is 35.8. The second-order valence-electron chi connectivity index (χ2n) is 8.18. The molecule has 0 fully saturated rings. The minimum Gasteiger partial charge on any atom is -0.507 e. The first kappa shape index (κ1) is 23.2. The van der Waals surface area contributed by atoms with Gasteiger partial charge in [-0.1, -0.05) is 25.5 Å². The summed E-state index contributed by atoms with van der Waals surface area (Å²) in [4.78, 5) is 14.7. The number of nitrogens with zero attached hydrogens (tertiary/aromatic N) is 5. The summed E-state index contributed by atoms with van der Waals surface area (Å²) in [6.45, 7) is 5.36. The van der Waals surface area contributed by atoms with E-state index in [-0.39, 0.29) is 23.4 Å². The Morgan fingerprint density at radius 3 is 2.62 bits per heavy atom. The van der Waals surface area contributed by atoms with Crippen LogP contribution in [0.4, 0.5) is 0 Å². The fourth-order valence-electron chi connectivity index (χ4n) is 3.57. The van der Waals surface area contributed by atoms with Crippen LogP contribution in [-0.4, -0.2) is 67.9 Å². The lowest BCUT2D eigenvalue weighted by Crippen LogP contribution is -2.39. The summed E-state index contributed by atoms with van der Waals surface area (Å²) in [5.74, 6) is 0.00869. The average Bonchev–Trinajstić information content (AvgIpc) is 3.20. The standard InChI is InChI=1S/C23H30N6O3/c1-5-6-10-29-22(25-26-27-29)19-12-18(20(30)13-21(19)31)16-8-7-9-17(11-16)23(32)24-15(2)14-28(3)4/h7-9,11-13,15,30-31H,5-6,10,14H2,1-4H3,(H,24,32). The molecule has 2 aromatic carbocycles. The zero-order chi connectivity index (χ0) is 23.3. The number of nitrogens with one attached hydrogen (secondary N) is 1. The van der Waals surface area contributed by atoms with Crippen LogP contribution in [0.15, 0.2) is 36.4 Å². The van der Waals surface area contributed by atoms with E-state index in [1.807, 2.05) is 25.9 Å². The Labute approximate surface area is 187 Å². The van der Waals surface area contributed by atoms with E-state index in [1.165, 1.54) is 6.07 Å². The largest absolute Gasteiger partial charge is 0.507 e. The number of tetrazole rings is 1. The summed E-state index contributed by atoms with van der Waals surface area (Å²) in [6.07, 6.45) is 1.88. The van der Waals surface area contributed by atoms with Gasteiger partial charge in [0.25, 0.3) is 5.91 Å². The number of benzene rings is 2. The number of unbranched alkanes of at least 4 members (excludes halogenated alkanes) is 1. The van der Waals surface area contributed by atoms with E-state index in [4.69, 9.17) is 0 Å².